The summed E-state index contributed by atoms with van der Waals surface area (Å²) in [7, 11) is 0. The molecule has 1 saturated heterocycles. The van der Waals surface area contributed by atoms with Crippen LogP contribution in [-0.2, 0) is 4.79 Å². The van der Waals surface area contributed by atoms with Gasteiger partial charge in [0, 0.05) is 18.7 Å². The molecule has 92 valence electrons. The number of hydrogen-bond acceptors (Lipinski definition) is 3. The molecule has 1 aliphatic heterocycles. The summed E-state index contributed by atoms with van der Waals surface area (Å²) in [6, 6.07) is 5.06. The van der Waals surface area contributed by atoms with Gasteiger partial charge >= 0.3 is 0 Å². The lowest BCUT2D eigenvalue weighted by Gasteiger charge is -2.16. The van der Waals surface area contributed by atoms with Gasteiger partial charge in [-0.3, -0.25) is 4.79 Å². The number of carbonyl (C=O) groups excluding carboxylic acids is 1. The lowest BCUT2D eigenvalue weighted by atomic mass is 10.2. The quantitative estimate of drug-likeness (QED) is 0.867. The smallest absolute Gasteiger partial charge is 0.260 e. The summed E-state index contributed by atoms with van der Waals surface area (Å²) >= 11 is 0. The van der Waals surface area contributed by atoms with Gasteiger partial charge in [-0.05, 0) is 31.9 Å². The Hall–Kier alpha value is -1.71. The molecular weight excluding hydrogens is 218 g/mol. The number of likely N-dealkylation sites (tertiary alicyclic amines) is 1. The van der Waals surface area contributed by atoms with E-state index in [-0.39, 0.29) is 18.3 Å². The summed E-state index contributed by atoms with van der Waals surface area (Å²) in [4.78, 5) is 13.6. The molecule has 1 amide bonds. The maximum atomic E-state index is 11.8. The summed E-state index contributed by atoms with van der Waals surface area (Å²) in [6.07, 6.45) is 2.16. The van der Waals surface area contributed by atoms with Crippen molar-refractivity contribution in [2.45, 2.75) is 19.8 Å². The van der Waals surface area contributed by atoms with E-state index in [1.54, 1.807) is 25.1 Å². The molecule has 17 heavy (non-hydrogen) atoms. The number of carbonyl (C=O) groups is 1. The Morgan fingerprint density at radius 2 is 2.12 bits per heavy atom. The van der Waals surface area contributed by atoms with E-state index in [0.717, 1.165) is 25.9 Å². The number of rotatable bonds is 3. The van der Waals surface area contributed by atoms with Crippen molar-refractivity contribution in [1.82, 2.24) is 4.90 Å². The van der Waals surface area contributed by atoms with Crippen LogP contribution in [0.15, 0.2) is 18.2 Å². The third kappa shape index (κ3) is 2.70. The Balaban J connectivity index is 1.93. The number of phenolic OH excluding ortho intramolecular Hbond substituents is 1. The van der Waals surface area contributed by atoms with Crippen LogP contribution in [0.3, 0.4) is 0 Å². The number of amides is 1. The van der Waals surface area contributed by atoms with E-state index in [0.29, 0.717) is 11.3 Å². The maximum absolute atomic E-state index is 11.8. The van der Waals surface area contributed by atoms with Gasteiger partial charge < -0.3 is 14.7 Å². The average Bonchev–Trinajstić information content (AvgIpc) is 2.84. The highest BCUT2D eigenvalue weighted by Crippen LogP contribution is 2.25. The zero-order valence-corrected chi connectivity index (χ0v) is 9.98. The fourth-order valence-corrected chi connectivity index (χ4v) is 1.96. The zero-order chi connectivity index (χ0) is 12.3. The summed E-state index contributed by atoms with van der Waals surface area (Å²) in [5.74, 6) is 0.777. The van der Waals surface area contributed by atoms with Gasteiger partial charge in [0.25, 0.3) is 5.91 Å². The molecule has 0 spiro atoms. The standard InChI is InChI=1S/C13H17NO3/c1-10-11(15)5-4-6-12(10)17-9-13(16)14-7-2-3-8-14/h4-6,15H,2-3,7-9H2,1H3. The van der Waals surface area contributed by atoms with Crippen LogP contribution in [0.25, 0.3) is 0 Å². The second-order valence-electron chi connectivity index (χ2n) is 4.28. The molecule has 0 aromatic heterocycles. The highest BCUT2D eigenvalue weighted by Gasteiger charge is 2.18. The fourth-order valence-electron chi connectivity index (χ4n) is 1.96. The van der Waals surface area contributed by atoms with Crippen molar-refractivity contribution in [3.63, 3.8) is 0 Å². The molecule has 1 aliphatic rings. The van der Waals surface area contributed by atoms with Crippen molar-refractivity contribution in [2.75, 3.05) is 19.7 Å². The Bertz CT molecular complexity index is 411. The molecule has 0 radical (unpaired) electrons. The predicted octanol–water partition coefficient (Wildman–Crippen LogP) is 1.70. The Labute approximate surface area is 101 Å². The third-order valence-electron chi connectivity index (χ3n) is 3.07. The number of nitrogens with zero attached hydrogens (tertiary/aromatic N) is 1. The van der Waals surface area contributed by atoms with E-state index in [1.807, 2.05) is 4.90 Å². The van der Waals surface area contributed by atoms with Crippen molar-refractivity contribution in [1.29, 1.82) is 0 Å². The van der Waals surface area contributed by atoms with Gasteiger partial charge in [0.05, 0.1) is 0 Å². The molecule has 1 aromatic carbocycles. The van der Waals surface area contributed by atoms with Gasteiger partial charge in [0.15, 0.2) is 6.61 Å². The Kier molecular flexibility index (Phi) is 3.52. The van der Waals surface area contributed by atoms with Crippen molar-refractivity contribution in [2.24, 2.45) is 0 Å². The topological polar surface area (TPSA) is 49.8 Å². The minimum absolute atomic E-state index is 0.0187. The molecule has 0 bridgehead atoms. The van der Waals surface area contributed by atoms with Crippen LogP contribution in [0.4, 0.5) is 0 Å². The summed E-state index contributed by atoms with van der Waals surface area (Å²) in [5, 5.41) is 9.50. The molecule has 1 aromatic rings. The van der Waals surface area contributed by atoms with Crippen LogP contribution in [0.2, 0.25) is 0 Å². The van der Waals surface area contributed by atoms with Crippen molar-refractivity contribution in [3.05, 3.63) is 23.8 Å². The summed E-state index contributed by atoms with van der Waals surface area (Å²) in [6.45, 7) is 3.48. The first-order chi connectivity index (χ1) is 8.18. The minimum Gasteiger partial charge on any atom is -0.508 e. The molecule has 1 N–H and O–H groups in total. The van der Waals surface area contributed by atoms with Gasteiger partial charge in [-0.2, -0.15) is 0 Å². The SMILES string of the molecule is Cc1c(O)cccc1OCC(=O)N1CCCC1. The summed E-state index contributed by atoms with van der Waals surface area (Å²) < 4.78 is 5.44. The second-order valence-corrected chi connectivity index (χ2v) is 4.28. The van der Waals surface area contributed by atoms with E-state index in [1.165, 1.54) is 0 Å². The molecule has 0 atom stereocenters. The molecule has 2 rings (SSSR count). The number of ether oxygens (including phenoxy) is 1. The number of phenols is 1. The molecule has 0 aliphatic carbocycles. The first kappa shape index (κ1) is 11.8. The van der Waals surface area contributed by atoms with E-state index in [9.17, 15) is 9.90 Å². The Morgan fingerprint density at radius 3 is 2.82 bits per heavy atom. The molecule has 0 unspecified atom stereocenters. The second kappa shape index (κ2) is 5.08. The third-order valence-corrected chi connectivity index (χ3v) is 3.07. The molecule has 4 heteroatoms. The first-order valence-electron chi connectivity index (χ1n) is 5.87. The van der Waals surface area contributed by atoms with E-state index in [4.69, 9.17) is 4.74 Å². The van der Waals surface area contributed by atoms with Crippen LogP contribution in [0.1, 0.15) is 18.4 Å². The van der Waals surface area contributed by atoms with Gasteiger partial charge in [-0.25, -0.2) is 0 Å². The van der Waals surface area contributed by atoms with Crippen molar-refractivity contribution in [3.8, 4) is 11.5 Å². The van der Waals surface area contributed by atoms with Crippen LogP contribution in [0, 0.1) is 6.92 Å². The molecular formula is C13H17NO3. The van der Waals surface area contributed by atoms with Gasteiger partial charge in [-0.1, -0.05) is 6.07 Å². The molecule has 0 saturated carbocycles. The average molecular weight is 235 g/mol. The predicted molar refractivity (Wildman–Crippen MR) is 64.2 cm³/mol. The molecule has 4 nitrogen and oxygen atoms in total. The minimum atomic E-state index is 0.0187. The molecule has 1 fully saturated rings. The monoisotopic (exact) mass is 235 g/mol. The van der Waals surface area contributed by atoms with E-state index in [2.05, 4.69) is 0 Å². The fraction of sp³-hybridized carbons (Fsp3) is 0.462. The van der Waals surface area contributed by atoms with Crippen LogP contribution in [0.5, 0.6) is 11.5 Å². The van der Waals surface area contributed by atoms with Crippen LogP contribution < -0.4 is 4.74 Å². The largest absolute Gasteiger partial charge is 0.508 e. The van der Waals surface area contributed by atoms with Gasteiger partial charge in [0.2, 0.25) is 0 Å². The number of benzene rings is 1. The van der Waals surface area contributed by atoms with E-state index >= 15 is 0 Å². The zero-order valence-electron chi connectivity index (χ0n) is 9.98. The summed E-state index contributed by atoms with van der Waals surface area (Å²) in [5.41, 5.74) is 0.668. The number of aromatic hydroxyl groups is 1. The molecule has 1 heterocycles. The highest BCUT2D eigenvalue weighted by molar-refractivity contribution is 5.78. The van der Waals surface area contributed by atoms with Crippen LogP contribution >= 0.6 is 0 Å². The lowest BCUT2D eigenvalue weighted by Crippen LogP contribution is -2.32. The van der Waals surface area contributed by atoms with Gasteiger partial charge in [-0.15, -0.1) is 0 Å². The van der Waals surface area contributed by atoms with Crippen molar-refractivity contribution >= 4 is 5.91 Å². The van der Waals surface area contributed by atoms with Gasteiger partial charge in [0.1, 0.15) is 11.5 Å². The highest BCUT2D eigenvalue weighted by atomic mass is 16.5. The number of hydrogen-bond donors (Lipinski definition) is 1. The first-order valence-corrected chi connectivity index (χ1v) is 5.87. The maximum Gasteiger partial charge on any atom is 0.260 e. The Morgan fingerprint density at radius 1 is 1.41 bits per heavy atom. The van der Waals surface area contributed by atoms with Crippen molar-refractivity contribution < 1.29 is 14.6 Å². The van der Waals surface area contributed by atoms with Crippen LogP contribution in [-0.4, -0.2) is 35.6 Å². The lowest BCUT2D eigenvalue weighted by molar-refractivity contribution is -0.132. The van der Waals surface area contributed by atoms with E-state index < -0.39 is 0 Å². The normalized spacial score (nSPS) is 15.0.